The van der Waals surface area contributed by atoms with Crippen LogP contribution in [-0.2, 0) is 11.3 Å². The Bertz CT molecular complexity index is 352. The van der Waals surface area contributed by atoms with Crippen LogP contribution >= 0.6 is 0 Å². The first-order chi connectivity index (χ1) is 8.31. The Balaban J connectivity index is 1.85. The van der Waals surface area contributed by atoms with Crippen molar-refractivity contribution in [3.05, 3.63) is 12.4 Å². The van der Waals surface area contributed by atoms with Crippen LogP contribution in [0.1, 0.15) is 25.7 Å². The van der Waals surface area contributed by atoms with Gasteiger partial charge in [0.15, 0.2) is 0 Å². The van der Waals surface area contributed by atoms with E-state index in [1.54, 1.807) is 22.0 Å². The van der Waals surface area contributed by atoms with Crippen molar-refractivity contribution >= 4 is 5.91 Å². The van der Waals surface area contributed by atoms with Gasteiger partial charge in [0.25, 0.3) is 0 Å². The fourth-order valence-electron chi connectivity index (χ4n) is 2.22. The van der Waals surface area contributed by atoms with E-state index in [4.69, 9.17) is 0 Å². The van der Waals surface area contributed by atoms with Crippen molar-refractivity contribution in [1.82, 2.24) is 19.9 Å². The van der Waals surface area contributed by atoms with E-state index >= 15 is 0 Å². The van der Waals surface area contributed by atoms with E-state index in [1.165, 1.54) is 0 Å². The van der Waals surface area contributed by atoms with Gasteiger partial charge in [-0.2, -0.15) is 0 Å². The molecule has 94 valence electrons. The van der Waals surface area contributed by atoms with Crippen molar-refractivity contribution in [2.24, 2.45) is 0 Å². The molecule has 1 unspecified atom stereocenters. The number of nitrogens with zero attached hydrogens (tertiary/aromatic N) is 4. The molecule has 1 aliphatic heterocycles. The molecule has 0 radical (unpaired) electrons. The lowest BCUT2D eigenvalue weighted by atomic mass is 10.0. The summed E-state index contributed by atoms with van der Waals surface area (Å²) in [4.78, 5) is 13.8. The van der Waals surface area contributed by atoms with Gasteiger partial charge < -0.3 is 10.0 Å². The number of carbonyl (C=O) groups is 1. The van der Waals surface area contributed by atoms with E-state index in [1.807, 2.05) is 0 Å². The zero-order valence-electron chi connectivity index (χ0n) is 9.83. The second-order valence-corrected chi connectivity index (χ2v) is 4.34. The highest BCUT2D eigenvalue weighted by atomic mass is 16.3. The highest BCUT2D eigenvalue weighted by molar-refractivity contribution is 5.76. The fraction of sp³-hybridized carbons (Fsp3) is 0.727. The number of hydrogen-bond donors (Lipinski definition) is 1. The van der Waals surface area contributed by atoms with Crippen molar-refractivity contribution in [2.75, 3.05) is 13.2 Å². The standard InChI is InChI=1S/C11H18N4O2/c16-9-10-3-1-2-6-15(10)11(17)4-7-14-8-5-12-13-14/h5,8,10,16H,1-4,6-7,9H2. The molecular formula is C11H18N4O2. The Hall–Kier alpha value is -1.43. The normalized spacial score (nSPS) is 20.5. The summed E-state index contributed by atoms with van der Waals surface area (Å²) in [5.74, 6) is 0.0965. The molecule has 1 N–H and O–H groups in total. The topological polar surface area (TPSA) is 71.2 Å². The lowest BCUT2D eigenvalue weighted by Crippen LogP contribution is -2.45. The molecule has 6 nitrogen and oxygen atoms in total. The van der Waals surface area contributed by atoms with Gasteiger partial charge in [0.05, 0.1) is 25.4 Å². The summed E-state index contributed by atoms with van der Waals surface area (Å²) < 4.78 is 1.65. The number of amides is 1. The Morgan fingerprint density at radius 2 is 2.35 bits per heavy atom. The molecule has 1 atom stereocenters. The molecule has 2 heterocycles. The molecule has 1 fully saturated rings. The molecule has 1 aliphatic rings. The molecular weight excluding hydrogens is 220 g/mol. The van der Waals surface area contributed by atoms with Gasteiger partial charge >= 0.3 is 0 Å². The van der Waals surface area contributed by atoms with E-state index in [2.05, 4.69) is 10.3 Å². The highest BCUT2D eigenvalue weighted by Gasteiger charge is 2.25. The molecule has 0 saturated carbocycles. The minimum absolute atomic E-state index is 0.00648. The van der Waals surface area contributed by atoms with Gasteiger partial charge in [0, 0.05) is 19.2 Å². The van der Waals surface area contributed by atoms with Gasteiger partial charge in [0.1, 0.15) is 0 Å². The Morgan fingerprint density at radius 3 is 3.06 bits per heavy atom. The quantitative estimate of drug-likeness (QED) is 0.804. The molecule has 1 aromatic heterocycles. The third-order valence-electron chi connectivity index (χ3n) is 3.18. The van der Waals surface area contributed by atoms with Crippen LogP contribution in [0.3, 0.4) is 0 Å². The number of aromatic nitrogens is 3. The van der Waals surface area contributed by atoms with Gasteiger partial charge in [-0.1, -0.05) is 5.21 Å². The minimum Gasteiger partial charge on any atom is -0.394 e. The molecule has 0 aliphatic carbocycles. The van der Waals surface area contributed by atoms with Gasteiger partial charge in [-0.15, -0.1) is 5.10 Å². The molecule has 1 aromatic rings. The number of rotatable bonds is 4. The van der Waals surface area contributed by atoms with E-state index in [-0.39, 0.29) is 18.6 Å². The number of aryl methyl sites for hydroxylation is 1. The first kappa shape index (κ1) is 12.0. The van der Waals surface area contributed by atoms with Crippen LogP contribution in [0.25, 0.3) is 0 Å². The van der Waals surface area contributed by atoms with E-state index in [9.17, 15) is 9.90 Å². The van der Waals surface area contributed by atoms with E-state index in [0.717, 1.165) is 25.8 Å². The average molecular weight is 238 g/mol. The Kier molecular flexibility index (Phi) is 4.08. The summed E-state index contributed by atoms with van der Waals surface area (Å²) in [6.45, 7) is 1.38. The number of likely N-dealkylation sites (tertiary alicyclic amines) is 1. The molecule has 1 amide bonds. The van der Waals surface area contributed by atoms with Crippen molar-refractivity contribution in [3.8, 4) is 0 Å². The van der Waals surface area contributed by atoms with Crippen LogP contribution in [0.2, 0.25) is 0 Å². The number of aliphatic hydroxyl groups excluding tert-OH is 1. The van der Waals surface area contributed by atoms with Crippen molar-refractivity contribution < 1.29 is 9.90 Å². The third-order valence-corrected chi connectivity index (χ3v) is 3.18. The van der Waals surface area contributed by atoms with E-state index in [0.29, 0.717) is 13.0 Å². The van der Waals surface area contributed by atoms with Crippen LogP contribution in [0, 0.1) is 0 Å². The molecule has 6 heteroatoms. The van der Waals surface area contributed by atoms with E-state index < -0.39 is 0 Å². The molecule has 2 rings (SSSR count). The zero-order valence-corrected chi connectivity index (χ0v) is 9.83. The molecule has 0 spiro atoms. The monoisotopic (exact) mass is 238 g/mol. The van der Waals surface area contributed by atoms with Crippen LogP contribution < -0.4 is 0 Å². The first-order valence-electron chi connectivity index (χ1n) is 6.05. The van der Waals surface area contributed by atoms with Crippen molar-refractivity contribution in [1.29, 1.82) is 0 Å². The summed E-state index contributed by atoms with van der Waals surface area (Å²) in [6, 6.07) is 0.00648. The predicted octanol–water partition coefficient (Wildman–Crippen LogP) is 0.0416. The zero-order chi connectivity index (χ0) is 12.1. The second kappa shape index (κ2) is 5.77. The van der Waals surface area contributed by atoms with Gasteiger partial charge in [-0.05, 0) is 19.3 Å². The van der Waals surface area contributed by atoms with Crippen LogP contribution in [-0.4, -0.2) is 50.1 Å². The lowest BCUT2D eigenvalue weighted by Gasteiger charge is -2.34. The summed E-state index contributed by atoms with van der Waals surface area (Å²) >= 11 is 0. The summed E-state index contributed by atoms with van der Waals surface area (Å²) in [5.41, 5.74) is 0. The fourth-order valence-corrected chi connectivity index (χ4v) is 2.22. The molecule has 17 heavy (non-hydrogen) atoms. The number of hydrogen-bond acceptors (Lipinski definition) is 4. The lowest BCUT2D eigenvalue weighted by molar-refractivity contribution is -0.136. The maximum Gasteiger partial charge on any atom is 0.224 e. The van der Waals surface area contributed by atoms with Gasteiger partial charge in [-0.3, -0.25) is 9.48 Å². The van der Waals surface area contributed by atoms with Gasteiger partial charge in [-0.25, -0.2) is 0 Å². The SMILES string of the molecule is O=C(CCn1ccnn1)N1CCCCC1CO. The first-order valence-corrected chi connectivity index (χ1v) is 6.05. The summed E-state index contributed by atoms with van der Waals surface area (Å²) in [5, 5.41) is 16.8. The molecule has 0 aromatic carbocycles. The molecule has 0 bridgehead atoms. The maximum atomic E-state index is 12.0. The summed E-state index contributed by atoms with van der Waals surface area (Å²) in [7, 11) is 0. The smallest absolute Gasteiger partial charge is 0.224 e. The van der Waals surface area contributed by atoms with Crippen LogP contribution in [0.15, 0.2) is 12.4 Å². The largest absolute Gasteiger partial charge is 0.394 e. The molecule has 1 saturated heterocycles. The number of piperidine rings is 1. The minimum atomic E-state index is 0.00648. The highest BCUT2D eigenvalue weighted by Crippen LogP contribution is 2.17. The third kappa shape index (κ3) is 3.03. The predicted molar refractivity (Wildman–Crippen MR) is 61.1 cm³/mol. The second-order valence-electron chi connectivity index (χ2n) is 4.34. The number of aliphatic hydroxyl groups is 1. The summed E-state index contributed by atoms with van der Waals surface area (Å²) in [6.07, 6.45) is 6.80. The average Bonchev–Trinajstić information content (AvgIpc) is 2.89. The van der Waals surface area contributed by atoms with Gasteiger partial charge in [0.2, 0.25) is 5.91 Å². The van der Waals surface area contributed by atoms with Crippen LogP contribution in [0.5, 0.6) is 0 Å². The van der Waals surface area contributed by atoms with Crippen molar-refractivity contribution in [2.45, 2.75) is 38.3 Å². The number of carbonyl (C=O) groups excluding carboxylic acids is 1. The Labute approximate surface area is 100 Å². The Morgan fingerprint density at radius 1 is 1.47 bits per heavy atom. The van der Waals surface area contributed by atoms with Crippen LogP contribution in [0.4, 0.5) is 0 Å². The van der Waals surface area contributed by atoms with Crippen molar-refractivity contribution in [3.63, 3.8) is 0 Å². The maximum absolute atomic E-state index is 12.0.